The van der Waals surface area contributed by atoms with Crippen molar-refractivity contribution in [2.45, 2.75) is 19.9 Å². The van der Waals surface area contributed by atoms with Gasteiger partial charge in [0.25, 0.3) is 0 Å². The molecule has 112 valence electrons. The van der Waals surface area contributed by atoms with Crippen LogP contribution in [0.4, 0.5) is 10.1 Å². The monoisotopic (exact) mass is 291 g/mol. The smallest absolute Gasteiger partial charge is 0.340 e. The zero-order chi connectivity index (χ0) is 15.6. The van der Waals surface area contributed by atoms with Crippen LogP contribution in [0.1, 0.15) is 34.6 Å². The van der Waals surface area contributed by atoms with Crippen molar-refractivity contribution >= 4 is 11.7 Å². The number of hydrogen-bond acceptors (Lipinski definition) is 4. The van der Waals surface area contributed by atoms with Crippen LogP contribution in [0.5, 0.6) is 0 Å². The van der Waals surface area contributed by atoms with E-state index in [2.05, 4.69) is 15.2 Å². The van der Waals surface area contributed by atoms with E-state index in [1.165, 1.54) is 19.2 Å². The predicted octanol–water partition coefficient (Wildman–Crippen LogP) is 2.83. The molecule has 1 aromatic carbocycles. The fraction of sp³-hybridized carbons (Fsp3) is 0.333. The number of nitrogens with zero attached hydrogens (tertiary/aromatic N) is 2. The Balaban J connectivity index is 2.23. The molecule has 0 aliphatic rings. The number of hydrogen-bond donors (Lipinski definition) is 1. The maximum Gasteiger partial charge on any atom is 0.340 e. The predicted molar refractivity (Wildman–Crippen MR) is 77.7 cm³/mol. The lowest BCUT2D eigenvalue weighted by molar-refractivity contribution is 0.0595. The summed E-state index contributed by atoms with van der Waals surface area (Å²) in [6, 6.07) is 4.26. The molecule has 6 heteroatoms. The molecule has 0 saturated heterocycles. The molecule has 0 radical (unpaired) electrons. The number of ether oxygens (including phenoxy) is 1. The second-order valence-corrected chi connectivity index (χ2v) is 4.90. The van der Waals surface area contributed by atoms with Crippen molar-refractivity contribution < 1.29 is 13.9 Å². The molecule has 1 aromatic heterocycles. The lowest BCUT2D eigenvalue weighted by Crippen LogP contribution is -2.10. The maximum absolute atomic E-state index is 13.6. The number of carbonyl (C=O) groups is 1. The van der Waals surface area contributed by atoms with Crippen molar-refractivity contribution in [3.05, 3.63) is 47.0 Å². The third-order valence-electron chi connectivity index (χ3n) is 3.27. The van der Waals surface area contributed by atoms with Gasteiger partial charge in [-0.25, -0.2) is 9.18 Å². The zero-order valence-corrected chi connectivity index (χ0v) is 12.5. The first kappa shape index (κ1) is 15.0. The third kappa shape index (κ3) is 3.21. The Labute approximate surface area is 122 Å². The van der Waals surface area contributed by atoms with E-state index in [9.17, 15) is 9.18 Å². The van der Waals surface area contributed by atoms with Gasteiger partial charge in [-0.05, 0) is 32.0 Å². The maximum atomic E-state index is 13.6. The van der Waals surface area contributed by atoms with Crippen molar-refractivity contribution in [3.63, 3.8) is 0 Å². The Morgan fingerprint density at radius 1 is 1.48 bits per heavy atom. The Hall–Kier alpha value is -2.37. The minimum Gasteiger partial charge on any atom is -0.465 e. The molecule has 0 bridgehead atoms. The van der Waals surface area contributed by atoms with Crippen LogP contribution in [0.2, 0.25) is 0 Å². The first-order chi connectivity index (χ1) is 9.92. The van der Waals surface area contributed by atoms with Gasteiger partial charge in [-0.15, -0.1) is 0 Å². The van der Waals surface area contributed by atoms with Gasteiger partial charge in [0.1, 0.15) is 5.82 Å². The van der Waals surface area contributed by atoms with Crippen LogP contribution in [0.3, 0.4) is 0 Å². The van der Waals surface area contributed by atoms with Gasteiger partial charge in [0.2, 0.25) is 0 Å². The van der Waals surface area contributed by atoms with Crippen LogP contribution in [-0.2, 0) is 11.8 Å². The number of aryl methyl sites for hydroxylation is 2. The summed E-state index contributed by atoms with van der Waals surface area (Å²) >= 11 is 0. The van der Waals surface area contributed by atoms with Gasteiger partial charge in [-0.3, -0.25) is 4.68 Å². The minimum atomic E-state index is -0.693. The molecule has 1 unspecified atom stereocenters. The van der Waals surface area contributed by atoms with E-state index in [0.717, 1.165) is 11.3 Å². The Morgan fingerprint density at radius 3 is 2.76 bits per heavy atom. The van der Waals surface area contributed by atoms with Gasteiger partial charge in [-0.2, -0.15) is 5.10 Å². The number of nitrogens with one attached hydrogen (secondary N) is 1. The summed E-state index contributed by atoms with van der Waals surface area (Å²) in [5, 5.41) is 7.52. The average molecular weight is 291 g/mol. The van der Waals surface area contributed by atoms with E-state index >= 15 is 0 Å². The van der Waals surface area contributed by atoms with E-state index in [-0.39, 0.29) is 11.6 Å². The summed E-state index contributed by atoms with van der Waals surface area (Å²) in [5.41, 5.74) is 2.53. The second kappa shape index (κ2) is 5.95. The number of benzene rings is 1. The molecule has 2 aromatic rings. The van der Waals surface area contributed by atoms with Crippen LogP contribution in [0.15, 0.2) is 24.4 Å². The van der Waals surface area contributed by atoms with E-state index < -0.39 is 11.8 Å². The summed E-state index contributed by atoms with van der Waals surface area (Å²) in [6.07, 6.45) is 1.93. The first-order valence-corrected chi connectivity index (χ1v) is 6.57. The Kier molecular flexibility index (Phi) is 4.26. The Bertz CT molecular complexity index is 667. The molecular weight excluding hydrogens is 273 g/mol. The number of rotatable bonds is 4. The average Bonchev–Trinajstić information content (AvgIpc) is 2.79. The van der Waals surface area contributed by atoms with Crippen molar-refractivity contribution in [3.8, 4) is 0 Å². The van der Waals surface area contributed by atoms with Crippen molar-refractivity contribution in [1.82, 2.24) is 9.78 Å². The molecule has 1 atom stereocenters. The standard InChI is InChI=1S/C15H18FN3O2/c1-9(13-8-19(3)18-10(13)2)17-11-5-6-14(16)12(7-11)15(20)21-4/h5-9,17H,1-4H3. The summed E-state index contributed by atoms with van der Waals surface area (Å²) in [5.74, 6) is -1.29. The fourth-order valence-corrected chi connectivity index (χ4v) is 2.25. The number of methoxy groups -OCH3 is 1. The molecule has 1 heterocycles. The summed E-state index contributed by atoms with van der Waals surface area (Å²) < 4.78 is 19.9. The number of carbonyl (C=O) groups excluding carboxylic acids is 1. The van der Waals surface area contributed by atoms with E-state index in [0.29, 0.717) is 5.69 Å². The molecule has 0 fully saturated rings. The number of esters is 1. The first-order valence-electron chi connectivity index (χ1n) is 6.57. The number of anilines is 1. The van der Waals surface area contributed by atoms with Gasteiger partial charge in [0.15, 0.2) is 0 Å². The van der Waals surface area contributed by atoms with Crippen molar-refractivity contribution in [2.24, 2.45) is 7.05 Å². The molecule has 5 nitrogen and oxygen atoms in total. The van der Waals surface area contributed by atoms with E-state index in [1.807, 2.05) is 27.1 Å². The summed E-state index contributed by atoms with van der Waals surface area (Å²) in [7, 11) is 3.08. The highest BCUT2D eigenvalue weighted by Gasteiger charge is 2.15. The van der Waals surface area contributed by atoms with Gasteiger partial charge >= 0.3 is 5.97 Å². The van der Waals surface area contributed by atoms with Gasteiger partial charge in [0.05, 0.1) is 24.4 Å². The fourth-order valence-electron chi connectivity index (χ4n) is 2.25. The molecular formula is C15H18FN3O2. The lowest BCUT2D eigenvalue weighted by Gasteiger charge is -2.15. The van der Waals surface area contributed by atoms with Crippen LogP contribution >= 0.6 is 0 Å². The van der Waals surface area contributed by atoms with Gasteiger partial charge in [-0.1, -0.05) is 0 Å². The molecule has 21 heavy (non-hydrogen) atoms. The molecule has 0 spiro atoms. The molecule has 0 saturated carbocycles. The molecule has 0 aliphatic carbocycles. The number of aromatic nitrogens is 2. The summed E-state index contributed by atoms with van der Waals surface area (Å²) in [6.45, 7) is 3.91. The van der Waals surface area contributed by atoms with Gasteiger partial charge in [0, 0.05) is 24.5 Å². The molecule has 0 amide bonds. The van der Waals surface area contributed by atoms with Crippen LogP contribution in [-0.4, -0.2) is 22.9 Å². The summed E-state index contributed by atoms with van der Waals surface area (Å²) in [4.78, 5) is 11.5. The third-order valence-corrected chi connectivity index (χ3v) is 3.27. The lowest BCUT2D eigenvalue weighted by atomic mass is 10.1. The Morgan fingerprint density at radius 2 is 2.19 bits per heavy atom. The van der Waals surface area contributed by atoms with Crippen LogP contribution < -0.4 is 5.32 Å². The van der Waals surface area contributed by atoms with E-state index in [4.69, 9.17) is 0 Å². The SMILES string of the molecule is COC(=O)c1cc(NC(C)c2cn(C)nc2C)ccc1F. The van der Waals surface area contributed by atoms with Crippen molar-refractivity contribution in [2.75, 3.05) is 12.4 Å². The normalized spacial score (nSPS) is 12.0. The van der Waals surface area contributed by atoms with Crippen molar-refractivity contribution in [1.29, 1.82) is 0 Å². The number of halogens is 1. The molecule has 1 N–H and O–H groups in total. The highest BCUT2D eigenvalue weighted by atomic mass is 19.1. The molecule has 0 aliphatic heterocycles. The van der Waals surface area contributed by atoms with Crippen LogP contribution in [0.25, 0.3) is 0 Å². The quantitative estimate of drug-likeness (QED) is 0.880. The highest BCUT2D eigenvalue weighted by Crippen LogP contribution is 2.23. The minimum absolute atomic E-state index is 0.0188. The topological polar surface area (TPSA) is 56.1 Å². The van der Waals surface area contributed by atoms with Gasteiger partial charge < -0.3 is 10.1 Å². The van der Waals surface area contributed by atoms with Crippen LogP contribution in [0, 0.1) is 12.7 Å². The zero-order valence-electron chi connectivity index (χ0n) is 12.5. The highest BCUT2D eigenvalue weighted by molar-refractivity contribution is 5.90. The molecule has 2 rings (SSSR count). The largest absolute Gasteiger partial charge is 0.465 e. The van der Waals surface area contributed by atoms with E-state index in [1.54, 1.807) is 10.7 Å². The second-order valence-electron chi connectivity index (χ2n) is 4.90.